The maximum atomic E-state index is 11.8. The van der Waals surface area contributed by atoms with Gasteiger partial charge in [0.15, 0.2) is 0 Å². The van der Waals surface area contributed by atoms with E-state index >= 15 is 0 Å². The average molecular weight is 253 g/mol. The Balaban J connectivity index is 2.21. The monoisotopic (exact) mass is 252 g/mol. The quantitative estimate of drug-likeness (QED) is 0.807. The molecular weight excluding hydrogens is 244 g/mol. The molecule has 82 valence electrons. The standard InChI is InChI=1S/C11H9ClN2OS/c12-10-5-7(13)1-2-9(10)11(15)14-8-3-4-16-6-8/h1-6H,13H2,(H,14,15). The second-order valence-electron chi connectivity index (χ2n) is 3.21. The van der Waals surface area contributed by atoms with Crippen molar-refractivity contribution in [2.45, 2.75) is 0 Å². The van der Waals surface area contributed by atoms with Crippen molar-refractivity contribution < 1.29 is 4.79 Å². The van der Waals surface area contributed by atoms with Gasteiger partial charge in [0.2, 0.25) is 0 Å². The van der Waals surface area contributed by atoms with Crippen LogP contribution in [0.3, 0.4) is 0 Å². The number of halogens is 1. The summed E-state index contributed by atoms with van der Waals surface area (Å²) in [6.07, 6.45) is 0. The summed E-state index contributed by atoms with van der Waals surface area (Å²) in [6, 6.07) is 6.64. The third-order valence-electron chi connectivity index (χ3n) is 2.02. The second-order valence-corrected chi connectivity index (χ2v) is 4.39. The summed E-state index contributed by atoms with van der Waals surface area (Å²) < 4.78 is 0. The molecule has 5 heteroatoms. The van der Waals surface area contributed by atoms with Crippen LogP contribution < -0.4 is 11.1 Å². The Morgan fingerprint density at radius 2 is 2.19 bits per heavy atom. The van der Waals surface area contributed by atoms with Crippen LogP contribution in [0.4, 0.5) is 11.4 Å². The molecule has 16 heavy (non-hydrogen) atoms. The van der Waals surface area contributed by atoms with Crippen LogP contribution in [0.2, 0.25) is 5.02 Å². The van der Waals surface area contributed by atoms with Crippen LogP contribution in [0, 0.1) is 0 Å². The Labute approximate surface area is 102 Å². The van der Waals surface area contributed by atoms with Crippen LogP contribution in [-0.2, 0) is 0 Å². The molecule has 0 aliphatic heterocycles. The molecule has 0 radical (unpaired) electrons. The molecule has 2 aromatic rings. The first kappa shape index (κ1) is 11.0. The number of nitrogens with one attached hydrogen (secondary N) is 1. The summed E-state index contributed by atoms with van der Waals surface area (Å²) in [7, 11) is 0. The smallest absolute Gasteiger partial charge is 0.257 e. The van der Waals surface area contributed by atoms with Gasteiger partial charge in [-0.1, -0.05) is 11.6 Å². The van der Waals surface area contributed by atoms with Crippen LogP contribution in [0.15, 0.2) is 35.0 Å². The summed E-state index contributed by atoms with van der Waals surface area (Å²) in [4.78, 5) is 11.8. The van der Waals surface area contributed by atoms with Gasteiger partial charge in [0, 0.05) is 11.1 Å². The molecule has 1 amide bonds. The zero-order chi connectivity index (χ0) is 11.5. The number of hydrogen-bond donors (Lipinski definition) is 2. The fourth-order valence-electron chi connectivity index (χ4n) is 1.25. The van der Waals surface area contributed by atoms with E-state index in [1.807, 2.05) is 16.8 Å². The fraction of sp³-hybridized carbons (Fsp3) is 0. The third-order valence-corrected chi connectivity index (χ3v) is 3.01. The zero-order valence-electron chi connectivity index (χ0n) is 8.24. The van der Waals surface area contributed by atoms with Crippen molar-refractivity contribution >= 4 is 40.2 Å². The predicted molar refractivity (Wildman–Crippen MR) is 68.1 cm³/mol. The molecule has 3 nitrogen and oxygen atoms in total. The lowest BCUT2D eigenvalue weighted by Crippen LogP contribution is -2.11. The molecule has 1 aromatic carbocycles. The first-order valence-corrected chi connectivity index (χ1v) is 5.87. The fourth-order valence-corrected chi connectivity index (χ4v) is 2.11. The van der Waals surface area contributed by atoms with E-state index in [9.17, 15) is 4.79 Å². The van der Waals surface area contributed by atoms with Crippen molar-refractivity contribution in [2.75, 3.05) is 11.1 Å². The predicted octanol–water partition coefficient (Wildman–Crippen LogP) is 3.24. The number of carbonyl (C=O) groups is 1. The number of nitrogens with two attached hydrogens (primary N) is 1. The lowest BCUT2D eigenvalue weighted by atomic mass is 10.2. The van der Waals surface area contributed by atoms with Gasteiger partial charge in [-0.3, -0.25) is 4.79 Å². The van der Waals surface area contributed by atoms with Gasteiger partial charge in [-0.2, -0.15) is 11.3 Å². The number of benzene rings is 1. The highest BCUT2D eigenvalue weighted by Crippen LogP contribution is 2.21. The van der Waals surface area contributed by atoms with E-state index in [1.165, 1.54) is 11.3 Å². The number of carbonyl (C=O) groups excluding carboxylic acids is 1. The summed E-state index contributed by atoms with van der Waals surface area (Å²) >= 11 is 7.44. The number of thiophene rings is 1. The lowest BCUT2D eigenvalue weighted by molar-refractivity contribution is 0.102. The van der Waals surface area contributed by atoms with Crippen LogP contribution >= 0.6 is 22.9 Å². The van der Waals surface area contributed by atoms with Crippen molar-refractivity contribution in [3.05, 3.63) is 45.6 Å². The minimum Gasteiger partial charge on any atom is -0.399 e. The molecule has 0 unspecified atom stereocenters. The molecule has 1 heterocycles. The Hall–Kier alpha value is -1.52. The van der Waals surface area contributed by atoms with Crippen LogP contribution in [0.5, 0.6) is 0 Å². The molecule has 0 bridgehead atoms. The lowest BCUT2D eigenvalue weighted by Gasteiger charge is -2.05. The van der Waals surface area contributed by atoms with E-state index in [0.29, 0.717) is 16.3 Å². The van der Waals surface area contributed by atoms with Gasteiger partial charge in [0.1, 0.15) is 0 Å². The van der Waals surface area contributed by atoms with Crippen molar-refractivity contribution in [3.63, 3.8) is 0 Å². The highest BCUT2D eigenvalue weighted by Gasteiger charge is 2.10. The summed E-state index contributed by atoms with van der Waals surface area (Å²) in [5.74, 6) is -0.233. The highest BCUT2D eigenvalue weighted by atomic mass is 35.5. The Bertz CT molecular complexity index is 511. The number of hydrogen-bond acceptors (Lipinski definition) is 3. The van der Waals surface area contributed by atoms with E-state index in [1.54, 1.807) is 18.2 Å². The molecular formula is C11H9ClN2OS. The van der Waals surface area contributed by atoms with Crippen LogP contribution in [0.25, 0.3) is 0 Å². The second kappa shape index (κ2) is 4.55. The number of anilines is 2. The third kappa shape index (κ3) is 2.35. The first-order chi connectivity index (χ1) is 7.66. The molecule has 1 aromatic heterocycles. The molecule has 2 rings (SSSR count). The van der Waals surface area contributed by atoms with Crippen molar-refractivity contribution in [1.82, 2.24) is 0 Å². The molecule has 0 saturated carbocycles. The van der Waals surface area contributed by atoms with Crippen molar-refractivity contribution in [3.8, 4) is 0 Å². The van der Waals surface area contributed by atoms with E-state index in [0.717, 1.165) is 5.69 Å². The summed E-state index contributed by atoms with van der Waals surface area (Å²) in [5, 5.41) is 6.84. The molecule has 0 spiro atoms. The molecule has 0 saturated heterocycles. The molecule has 0 fully saturated rings. The van der Waals surface area contributed by atoms with E-state index in [2.05, 4.69) is 5.32 Å². The normalized spacial score (nSPS) is 10.1. The van der Waals surface area contributed by atoms with E-state index in [-0.39, 0.29) is 5.91 Å². The largest absolute Gasteiger partial charge is 0.399 e. The average Bonchev–Trinajstić information content (AvgIpc) is 2.70. The van der Waals surface area contributed by atoms with Gasteiger partial charge in [0.05, 0.1) is 16.3 Å². The van der Waals surface area contributed by atoms with Gasteiger partial charge < -0.3 is 11.1 Å². The van der Waals surface area contributed by atoms with E-state index < -0.39 is 0 Å². The number of nitrogen functional groups attached to an aromatic ring is 1. The Morgan fingerprint density at radius 3 is 2.81 bits per heavy atom. The van der Waals surface area contributed by atoms with Gasteiger partial charge >= 0.3 is 0 Å². The van der Waals surface area contributed by atoms with E-state index in [4.69, 9.17) is 17.3 Å². The highest BCUT2D eigenvalue weighted by molar-refractivity contribution is 7.08. The van der Waals surface area contributed by atoms with Gasteiger partial charge in [-0.25, -0.2) is 0 Å². The number of rotatable bonds is 2. The maximum Gasteiger partial charge on any atom is 0.257 e. The summed E-state index contributed by atoms with van der Waals surface area (Å²) in [6.45, 7) is 0. The summed E-state index contributed by atoms with van der Waals surface area (Å²) in [5.41, 5.74) is 7.27. The topological polar surface area (TPSA) is 55.1 Å². The molecule has 0 atom stereocenters. The minimum atomic E-state index is -0.233. The van der Waals surface area contributed by atoms with Gasteiger partial charge in [-0.15, -0.1) is 0 Å². The number of amides is 1. The van der Waals surface area contributed by atoms with Crippen molar-refractivity contribution in [1.29, 1.82) is 0 Å². The van der Waals surface area contributed by atoms with Gasteiger partial charge in [-0.05, 0) is 29.6 Å². The SMILES string of the molecule is Nc1ccc(C(=O)Nc2ccsc2)c(Cl)c1. The Kier molecular flexibility index (Phi) is 3.12. The molecule has 3 N–H and O–H groups in total. The molecule has 0 aliphatic rings. The van der Waals surface area contributed by atoms with Crippen LogP contribution in [-0.4, -0.2) is 5.91 Å². The minimum absolute atomic E-state index is 0.233. The zero-order valence-corrected chi connectivity index (χ0v) is 9.81. The van der Waals surface area contributed by atoms with Gasteiger partial charge in [0.25, 0.3) is 5.91 Å². The van der Waals surface area contributed by atoms with Crippen molar-refractivity contribution in [2.24, 2.45) is 0 Å². The van der Waals surface area contributed by atoms with Crippen LogP contribution in [0.1, 0.15) is 10.4 Å². The first-order valence-electron chi connectivity index (χ1n) is 4.55. The Morgan fingerprint density at radius 1 is 1.38 bits per heavy atom. The maximum absolute atomic E-state index is 11.8. The molecule has 0 aliphatic carbocycles.